The second-order valence-corrected chi connectivity index (χ2v) is 12.4. The van der Waals surface area contributed by atoms with Gasteiger partial charge in [-0.25, -0.2) is 0 Å². The molecule has 4 aliphatic rings. The highest BCUT2D eigenvalue weighted by Crippen LogP contribution is 2.67. The second kappa shape index (κ2) is 8.42. The van der Waals surface area contributed by atoms with E-state index in [2.05, 4.69) is 59.8 Å². The number of fused-ring (bicyclic) bond motifs is 5. The van der Waals surface area contributed by atoms with E-state index in [4.69, 9.17) is 0 Å². The summed E-state index contributed by atoms with van der Waals surface area (Å²) in [4.78, 5) is 0. The topological polar surface area (TPSA) is 20.2 Å². The van der Waals surface area contributed by atoms with Gasteiger partial charge >= 0.3 is 0 Å². The Bertz CT molecular complexity index is 674. The van der Waals surface area contributed by atoms with Crippen molar-refractivity contribution in [1.82, 2.24) is 0 Å². The fourth-order valence-corrected chi connectivity index (χ4v) is 8.83. The Morgan fingerprint density at radius 1 is 1.03 bits per heavy atom. The highest BCUT2D eigenvalue weighted by Gasteiger charge is 2.58. The van der Waals surface area contributed by atoms with Crippen LogP contribution in [0.15, 0.2) is 23.8 Å². The molecule has 1 heteroatoms. The maximum absolute atomic E-state index is 10.2. The number of allylic oxidation sites excluding steroid dienone is 3. The van der Waals surface area contributed by atoms with Crippen LogP contribution in [0.2, 0.25) is 0 Å². The zero-order chi connectivity index (χ0) is 21.7. The van der Waals surface area contributed by atoms with Crippen LogP contribution in [-0.2, 0) is 0 Å². The highest BCUT2D eigenvalue weighted by atomic mass is 16.3. The monoisotopic (exact) mass is 412 g/mol. The summed E-state index contributed by atoms with van der Waals surface area (Å²) in [5, 5.41) is 10.2. The van der Waals surface area contributed by atoms with Gasteiger partial charge in [0.25, 0.3) is 0 Å². The van der Waals surface area contributed by atoms with Crippen LogP contribution >= 0.6 is 0 Å². The molecule has 1 nitrogen and oxygen atoms in total. The van der Waals surface area contributed by atoms with Crippen LogP contribution in [0, 0.1) is 52.3 Å². The van der Waals surface area contributed by atoms with Crippen molar-refractivity contribution < 1.29 is 5.11 Å². The van der Waals surface area contributed by atoms with Crippen LogP contribution in [0.4, 0.5) is 0 Å². The van der Waals surface area contributed by atoms with Gasteiger partial charge < -0.3 is 5.11 Å². The first kappa shape index (κ1) is 22.6. The molecule has 0 aromatic rings. The molecule has 30 heavy (non-hydrogen) atoms. The van der Waals surface area contributed by atoms with Gasteiger partial charge in [0, 0.05) is 0 Å². The zero-order valence-corrected chi connectivity index (χ0v) is 20.7. The van der Waals surface area contributed by atoms with E-state index >= 15 is 0 Å². The van der Waals surface area contributed by atoms with Crippen LogP contribution < -0.4 is 0 Å². The van der Waals surface area contributed by atoms with E-state index in [9.17, 15) is 5.11 Å². The van der Waals surface area contributed by atoms with E-state index in [1.54, 1.807) is 5.57 Å². The van der Waals surface area contributed by atoms with Crippen LogP contribution in [-0.4, -0.2) is 11.2 Å². The molecule has 170 valence electrons. The lowest BCUT2D eigenvalue weighted by atomic mass is 9.47. The Balaban J connectivity index is 1.52. The van der Waals surface area contributed by atoms with Crippen molar-refractivity contribution in [3.05, 3.63) is 23.8 Å². The molecule has 3 fully saturated rings. The van der Waals surface area contributed by atoms with Gasteiger partial charge in [0.2, 0.25) is 0 Å². The molecule has 0 aromatic carbocycles. The SMILES string of the molecule is CC[C@H](/C=C/[C@@H](C)[C@H]1CCC2C3CC=C4C[C@@H](O)CC[C@]4(C)C3CC[C@@]21C)C(C)C. The van der Waals surface area contributed by atoms with Crippen molar-refractivity contribution in [3.63, 3.8) is 0 Å². The van der Waals surface area contributed by atoms with Gasteiger partial charge in [-0.15, -0.1) is 0 Å². The van der Waals surface area contributed by atoms with E-state index in [0.717, 1.165) is 48.3 Å². The first-order valence-corrected chi connectivity index (χ1v) is 13.3. The van der Waals surface area contributed by atoms with Gasteiger partial charge in [0.15, 0.2) is 0 Å². The Hall–Kier alpha value is -0.560. The minimum absolute atomic E-state index is 0.0870. The lowest BCUT2D eigenvalue weighted by molar-refractivity contribution is -0.0540. The molecular formula is C29H48O. The summed E-state index contributed by atoms with van der Waals surface area (Å²) in [6, 6.07) is 0. The van der Waals surface area contributed by atoms with Crippen molar-refractivity contribution >= 4 is 0 Å². The maximum Gasteiger partial charge on any atom is 0.0577 e. The third kappa shape index (κ3) is 3.66. The molecule has 0 heterocycles. The van der Waals surface area contributed by atoms with Gasteiger partial charge in [0.05, 0.1) is 6.10 Å². The van der Waals surface area contributed by atoms with Crippen molar-refractivity contribution in [3.8, 4) is 0 Å². The molecule has 3 saturated carbocycles. The molecule has 1 N–H and O–H groups in total. The molecule has 0 bridgehead atoms. The molecule has 0 radical (unpaired) electrons. The fourth-order valence-electron chi connectivity index (χ4n) is 8.83. The van der Waals surface area contributed by atoms with Crippen molar-refractivity contribution in [1.29, 1.82) is 0 Å². The molecular weight excluding hydrogens is 364 g/mol. The Morgan fingerprint density at radius 3 is 2.50 bits per heavy atom. The lowest BCUT2D eigenvalue weighted by Gasteiger charge is -2.58. The van der Waals surface area contributed by atoms with Crippen LogP contribution in [0.1, 0.15) is 99.3 Å². The Kier molecular flexibility index (Phi) is 6.35. The van der Waals surface area contributed by atoms with E-state index < -0.39 is 0 Å². The van der Waals surface area contributed by atoms with Gasteiger partial charge in [-0.1, -0.05) is 65.3 Å². The third-order valence-electron chi connectivity index (χ3n) is 10.8. The number of hydrogen-bond acceptors (Lipinski definition) is 1. The van der Waals surface area contributed by atoms with E-state index in [-0.39, 0.29) is 6.10 Å². The molecule has 0 saturated heterocycles. The van der Waals surface area contributed by atoms with Gasteiger partial charge in [-0.3, -0.25) is 0 Å². The van der Waals surface area contributed by atoms with Crippen LogP contribution in [0.5, 0.6) is 0 Å². The van der Waals surface area contributed by atoms with Crippen LogP contribution in [0.3, 0.4) is 0 Å². The predicted molar refractivity (Wildman–Crippen MR) is 128 cm³/mol. The minimum atomic E-state index is -0.0870. The van der Waals surface area contributed by atoms with Gasteiger partial charge in [-0.2, -0.15) is 0 Å². The number of aliphatic hydroxyl groups is 1. The molecule has 0 aromatic heterocycles. The van der Waals surface area contributed by atoms with Gasteiger partial charge in [0.1, 0.15) is 0 Å². The summed E-state index contributed by atoms with van der Waals surface area (Å²) in [5.41, 5.74) is 2.51. The number of hydrogen-bond donors (Lipinski definition) is 1. The summed E-state index contributed by atoms with van der Waals surface area (Å²) in [5.74, 6) is 5.70. The van der Waals surface area contributed by atoms with Crippen molar-refractivity contribution in [2.75, 3.05) is 0 Å². The van der Waals surface area contributed by atoms with Crippen molar-refractivity contribution in [2.45, 2.75) is 105 Å². The summed E-state index contributed by atoms with van der Waals surface area (Å²) < 4.78 is 0. The average Bonchev–Trinajstić information content (AvgIpc) is 3.06. The minimum Gasteiger partial charge on any atom is -0.393 e. The maximum atomic E-state index is 10.2. The normalized spacial score (nSPS) is 45.6. The molecule has 0 aliphatic heterocycles. The molecule has 4 rings (SSSR count). The Labute approximate surface area is 186 Å². The summed E-state index contributed by atoms with van der Waals surface area (Å²) in [6.45, 7) is 14.8. The third-order valence-corrected chi connectivity index (χ3v) is 10.8. The second-order valence-electron chi connectivity index (χ2n) is 12.4. The average molecular weight is 413 g/mol. The Morgan fingerprint density at radius 2 is 1.80 bits per heavy atom. The van der Waals surface area contributed by atoms with Crippen molar-refractivity contribution in [2.24, 2.45) is 52.3 Å². The van der Waals surface area contributed by atoms with Crippen LogP contribution in [0.25, 0.3) is 0 Å². The molecule has 0 spiro atoms. The lowest BCUT2D eigenvalue weighted by Crippen LogP contribution is -2.50. The molecule has 9 atom stereocenters. The predicted octanol–water partition coefficient (Wildman–Crippen LogP) is 7.80. The first-order valence-electron chi connectivity index (χ1n) is 13.3. The fraction of sp³-hybridized carbons (Fsp3) is 0.862. The van der Waals surface area contributed by atoms with E-state index in [1.165, 1.54) is 44.9 Å². The number of rotatable bonds is 5. The molecule has 4 aliphatic carbocycles. The van der Waals surface area contributed by atoms with Gasteiger partial charge in [-0.05, 0) is 110 Å². The quantitative estimate of drug-likeness (QED) is 0.457. The standard InChI is InChI=1S/C29H48O/c1-7-21(19(2)3)9-8-20(4)25-12-13-26-24-11-10-22-18-23(30)14-16-28(22,5)27(24)15-17-29(25,26)6/h8-10,19-21,23-27,30H,7,11-18H2,1-6H3/b9-8+/t20-,21-,23+,24?,25-,26?,27?,28+,29-/m1/s1. The van der Waals surface area contributed by atoms with E-state index in [1.807, 2.05) is 0 Å². The van der Waals surface area contributed by atoms with E-state index in [0.29, 0.717) is 16.7 Å². The highest BCUT2D eigenvalue weighted by molar-refractivity contribution is 5.25. The molecule has 0 amide bonds. The summed E-state index contributed by atoms with van der Waals surface area (Å²) in [7, 11) is 0. The number of aliphatic hydroxyl groups excluding tert-OH is 1. The molecule has 3 unspecified atom stereocenters. The zero-order valence-electron chi connectivity index (χ0n) is 20.7. The smallest absolute Gasteiger partial charge is 0.0577 e. The largest absolute Gasteiger partial charge is 0.393 e. The first-order chi connectivity index (χ1) is 14.2. The summed E-state index contributed by atoms with van der Waals surface area (Å²) in [6.07, 6.45) is 19.1. The summed E-state index contributed by atoms with van der Waals surface area (Å²) >= 11 is 0.